The van der Waals surface area contributed by atoms with E-state index in [2.05, 4.69) is 0 Å². The van der Waals surface area contributed by atoms with E-state index in [9.17, 15) is 8.42 Å². The average Bonchev–Trinajstić information content (AvgIpc) is 1.61. The van der Waals surface area contributed by atoms with Crippen LogP contribution in [0.2, 0.25) is 0 Å². The van der Waals surface area contributed by atoms with E-state index >= 15 is 0 Å². The molecule has 0 heterocycles. The van der Waals surface area contributed by atoms with Crippen LogP contribution in [0.1, 0.15) is 0 Å². The molecule has 0 amide bonds. The molecule has 0 saturated carbocycles. The summed E-state index contributed by atoms with van der Waals surface area (Å²) in [5, 5.41) is 0. The van der Waals surface area contributed by atoms with E-state index in [1.165, 1.54) is 0 Å². The highest BCUT2D eigenvalue weighted by molar-refractivity contribution is 7.85. The predicted molar refractivity (Wildman–Crippen MR) is 35.6 cm³/mol. The minimum atomic E-state index is -3.67. The lowest BCUT2D eigenvalue weighted by molar-refractivity contribution is 0.490. The molecule has 0 bridgehead atoms. The molecule has 0 spiro atoms. The Balaban J connectivity index is 0. The van der Waals surface area contributed by atoms with Gasteiger partial charge in [0.05, 0.1) is 6.26 Å². The summed E-state index contributed by atoms with van der Waals surface area (Å²) in [6.07, 6.45) is 0.715. The quantitative estimate of drug-likeness (QED) is 0.397. The zero-order valence-corrected chi connectivity index (χ0v) is 6.06. The first kappa shape index (κ1) is 11.6. The highest BCUT2D eigenvalue weighted by Crippen LogP contribution is 1.60. The minimum Gasteiger partial charge on any atom is -0.329 e. The summed E-state index contributed by atoms with van der Waals surface area (Å²) in [6.45, 7) is 1.19. The van der Waals surface area contributed by atoms with E-state index in [-0.39, 0.29) is 0 Å². The Labute approximate surface area is 54.8 Å². The lowest BCUT2D eigenvalue weighted by Crippen LogP contribution is -2.11. The molecule has 0 radical (unpaired) electrons. The summed E-state index contributed by atoms with van der Waals surface area (Å²) in [5.74, 6) is 0. The van der Waals surface area contributed by atoms with Crippen molar-refractivity contribution in [3.05, 3.63) is 0 Å². The van der Waals surface area contributed by atoms with Crippen LogP contribution in [0.3, 0.4) is 0 Å². The SMILES string of the molecule is CS(=O)(=O)O.NCCN. The first-order valence-electron chi connectivity index (χ1n) is 2.24. The lowest BCUT2D eigenvalue weighted by Gasteiger charge is -1.72. The second-order valence-corrected chi connectivity index (χ2v) is 2.78. The minimum absolute atomic E-state index is 0.597. The first-order valence-corrected chi connectivity index (χ1v) is 4.09. The van der Waals surface area contributed by atoms with E-state index < -0.39 is 10.1 Å². The van der Waals surface area contributed by atoms with Gasteiger partial charge in [-0.05, 0) is 0 Å². The monoisotopic (exact) mass is 156 g/mol. The van der Waals surface area contributed by atoms with Gasteiger partial charge in [-0.3, -0.25) is 4.55 Å². The van der Waals surface area contributed by atoms with Gasteiger partial charge in [-0.1, -0.05) is 0 Å². The number of nitrogens with two attached hydrogens (primary N) is 2. The van der Waals surface area contributed by atoms with Gasteiger partial charge in [0.25, 0.3) is 10.1 Å². The Morgan fingerprint density at radius 3 is 1.44 bits per heavy atom. The third-order valence-corrected chi connectivity index (χ3v) is 0.167. The molecule has 0 aliphatic rings. The fourth-order valence-corrected chi connectivity index (χ4v) is 0. The number of hydrogen-bond acceptors (Lipinski definition) is 4. The van der Waals surface area contributed by atoms with Crippen molar-refractivity contribution in [1.82, 2.24) is 0 Å². The van der Waals surface area contributed by atoms with Gasteiger partial charge in [0, 0.05) is 13.1 Å². The summed E-state index contributed by atoms with van der Waals surface area (Å²) in [5.41, 5.74) is 9.81. The van der Waals surface area contributed by atoms with Crippen molar-refractivity contribution in [2.75, 3.05) is 19.3 Å². The zero-order valence-electron chi connectivity index (χ0n) is 5.24. The largest absolute Gasteiger partial charge is 0.329 e. The maximum absolute atomic E-state index is 9.19. The second kappa shape index (κ2) is 5.96. The standard InChI is InChI=1S/C2H8N2.CH4O3S/c3-1-2-4;1-5(2,3)4/h1-4H2;1H3,(H,2,3,4). The maximum Gasteiger partial charge on any atom is 0.261 e. The third-order valence-electron chi connectivity index (χ3n) is 0.167. The van der Waals surface area contributed by atoms with E-state index in [4.69, 9.17) is 16.0 Å². The van der Waals surface area contributed by atoms with Crippen LogP contribution in [0.4, 0.5) is 0 Å². The third kappa shape index (κ3) is 386. The molecule has 0 rings (SSSR count). The molecule has 5 nitrogen and oxygen atoms in total. The van der Waals surface area contributed by atoms with Crippen LogP contribution < -0.4 is 11.5 Å². The summed E-state index contributed by atoms with van der Waals surface area (Å²) in [4.78, 5) is 0. The van der Waals surface area contributed by atoms with Crippen molar-refractivity contribution in [2.24, 2.45) is 11.5 Å². The Morgan fingerprint density at radius 2 is 1.44 bits per heavy atom. The molecule has 0 aromatic heterocycles. The van der Waals surface area contributed by atoms with Gasteiger partial charge in [0.2, 0.25) is 0 Å². The second-order valence-electron chi connectivity index (χ2n) is 1.31. The number of hydrogen-bond donors (Lipinski definition) is 3. The molecular weight excluding hydrogens is 144 g/mol. The Bertz CT molecular complexity index is 120. The Hall–Kier alpha value is -0.170. The van der Waals surface area contributed by atoms with Crippen molar-refractivity contribution < 1.29 is 13.0 Å². The smallest absolute Gasteiger partial charge is 0.261 e. The fraction of sp³-hybridized carbons (Fsp3) is 1.00. The van der Waals surface area contributed by atoms with Crippen LogP contribution in [-0.4, -0.2) is 32.3 Å². The molecule has 0 fully saturated rings. The molecule has 0 atom stereocenters. The topological polar surface area (TPSA) is 106 Å². The van der Waals surface area contributed by atoms with Crippen molar-refractivity contribution >= 4 is 10.1 Å². The Kier molecular flexibility index (Phi) is 7.68. The van der Waals surface area contributed by atoms with Gasteiger partial charge in [0.15, 0.2) is 0 Å². The van der Waals surface area contributed by atoms with Gasteiger partial charge >= 0.3 is 0 Å². The van der Waals surface area contributed by atoms with Crippen molar-refractivity contribution in [1.29, 1.82) is 0 Å². The van der Waals surface area contributed by atoms with Crippen molar-refractivity contribution in [3.63, 3.8) is 0 Å². The first-order chi connectivity index (χ1) is 3.91. The van der Waals surface area contributed by atoms with Crippen LogP contribution in [0, 0.1) is 0 Å². The van der Waals surface area contributed by atoms with E-state index in [1.54, 1.807) is 0 Å². The van der Waals surface area contributed by atoms with Gasteiger partial charge in [-0.2, -0.15) is 8.42 Å². The zero-order chi connectivity index (χ0) is 7.91. The summed E-state index contributed by atoms with van der Waals surface area (Å²) < 4.78 is 25.9. The maximum atomic E-state index is 9.19. The van der Waals surface area contributed by atoms with Crippen LogP contribution in [0.5, 0.6) is 0 Å². The lowest BCUT2D eigenvalue weighted by atomic mass is 10.7. The number of rotatable bonds is 1. The molecule has 58 valence electrons. The van der Waals surface area contributed by atoms with Crippen molar-refractivity contribution in [2.45, 2.75) is 0 Å². The molecule has 5 N–H and O–H groups in total. The molecule has 0 aromatic rings. The van der Waals surface area contributed by atoms with E-state index in [1.807, 2.05) is 0 Å². The van der Waals surface area contributed by atoms with Gasteiger partial charge in [0.1, 0.15) is 0 Å². The van der Waals surface area contributed by atoms with Crippen LogP contribution >= 0.6 is 0 Å². The van der Waals surface area contributed by atoms with E-state index in [0.29, 0.717) is 19.3 Å². The fourth-order valence-electron chi connectivity index (χ4n) is 0. The molecular formula is C3H12N2O3S. The summed E-state index contributed by atoms with van der Waals surface area (Å²) in [6, 6.07) is 0. The molecule has 0 aliphatic heterocycles. The molecule has 0 saturated heterocycles. The molecule has 0 aliphatic carbocycles. The molecule has 0 aromatic carbocycles. The van der Waals surface area contributed by atoms with Crippen molar-refractivity contribution in [3.8, 4) is 0 Å². The van der Waals surface area contributed by atoms with Gasteiger partial charge in [-0.15, -0.1) is 0 Å². The average molecular weight is 156 g/mol. The molecule has 6 heteroatoms. The molecule has 9 heavy (non-hydrogen) atoms. The highest BCUT2D eigenvalue weighted by Gasteiger charge is 1.81. The summed E-state index contributed by atoms with van der Waals surface area (Å²) in [7, 11) is -3.67. The normalized spacial score (nSPS) is 9.78. The predicted octanol–water partition coefficient (Wildman–Crippen LogP) is -1.59. The van der Waals surface area contributed by atoms with Crippen LogP contribution in [-0.2, 0) is 10.1 Å². The Morgan fingerprint density at radius 1 is 1.33 bits per heavy atom. The van der Waals surface area contributed by atoms with Gasteiger partial charge in [-0.25, -0.2) is 0 Å². The van der Waals surface area contributed by atoms with Crippen LogP contribution in [0.15, 0.2) is 0 Å². The summed E-state index contributed by atoms with van der Waals surface area (Å²) >= 11 is 0. The molecule has 0 unspecified atom stereocenters. The van der Waals surface area contributed by atoms with Crippen LogP contribution in [0.25, 0.3) is 0 Å². The highest BCUT2D eigenvalue weighted by atomic mass is 32.2. The van der Waals surface area contributed by atoms with Gasteiger partial charge < -0.3 is 11.5 Å². The van der Waals surface area contributed by atoms with E-state index in [0.717, 1.165) is 0 Å².